The Labute approximate surface area is 120 Å². The van der Waals surface area contributed by atoms with Gasteiger partial charge in [-0.25, -0.2) is 9.18 Å². The fourth-order valence-corrected chi connectivity index (χ4v) is 2.45. The number of rotatable bonds is 4. The number of aromatic nitrogens is 3. The topological polar surface area (TPSA) is 77.2 Å². The fourth-order valence-electron chi connectivity index (χ4n) is 2.45. The molecule has 0 spiro atoms. The Morgan fingerprint density at radius 1 is 1.38 bits per heavy atom. The van der Waals surface area contributed by atoms with Crippen LogP contribution in [0.5, 0.6) is 5.75 Å². The summed E-state index contributed by atoms with van der Waals surface area (Å²) in [4.78, 5) is 11.1. The Balaban J connectivity index is 1.81. The highest BCUT2D eigenvalue weighted by Gasteiger charge is 2.19. The minimum Gasteiger partial charge on any atom is -0.485 e. The van der Waals surface area contributed by atoms with E-state index in [1.807, 2.05) is 4.57 Å². The third-order valence-electron chi connectivity index (χ3n) is 3.48. The lowest BCUT2D eigenvalue weighted by molar-refractivity contribution is 0.0686. The van der Waals surface area contributed by atoms with Crippen LogP contribution in [0.2, 0.25) is 0 Å². The Hall–Kier alpha value is -2.44. The van der Waals surface area contributed by atoms with Gasteiger partial charge in [0.15, 0.2) is 5.82 Å². The SMILES string of the molecule is O=C(O)c1c(F)cccc1OCc1nnc2n1CCCC2. The van der Waals surface area contributed by atoms with Gasteiger partial charge in [0.2, 0.25) is 0 Å². The van der Waals surface area contributed by atoms with E-state index in [-0.39, 0.29) is 12.4 Å². The number of hydrogen-bond acceptors (Lipinski definition) is 4. The summed E-state index contributed by atoms with van der Waals surface area (Å²) in [5.74, 6) is -0.631. The van der Waals surface area contributed by atoms with Gasteiger partial charge in [0.1, 0.15) is 29.6 Å². The van der Waals surface area contributed by atoms with Crippen LogP contribution in [0.4, 0.5) is 4.39 Å². The molecule has 0 saturated carbocycles. The molecule has 0 aliphatic carbocycles. The molecule has 0 unspecified atom stereocenters. The lowest BCUT2D eigenvalue weighted by Gasteiger charge is -2.15. The van der Waals surface area contributed by atoms with Crippen molar-refractivity contribution in [3.8, 4) is 5.75 Å². The maximum absolute atomic E-state index is 13.5. The summed E-state index contributed by atoms with van der Waals surface area (Å²) >= 11 is 0. The molecule has 0 bridgehead atoms. The first-order valence-corrected chi connectivity index (χ1v) is 6.72. The van der Waals surface area contributed by atoms with Crippen LogP contribution in [-0.4, -0.2) is 25.8 Å². The second kappa shape index (κ2) is 5.51. The van der Waals surface area contributed by atoms with Crippen LogP contribution in [0.25, 0.3) is 0 Å². The van der Waals surface area contributed by atoms with Crippen molar-refractivity contribution in [1.82, 2.24) is 14.8 Å². The lowest BCUT2D eigenvalue weighted by Crippen LogP contribution is -2.15. The van der Waals surface area contributed by atoms with Gasteiger partial charge in [-0.2, -0.15) is 0 Å². The van der Waals surface area contributed by atoms with E-state index in [0.29, 0.717) is 5.82 Å². The number of aryl methyl sites for hydroxylation is 1. The molecular weight excluding hydrogens is 277 g/mol. The van der Waals surface area contributed by atoms with Crippen LogP contribution < -0.4 is 4.74 Å². The van der Waals surface area contributed by atoms with Gasteiger partial charge in [-0.05, 0) is 25.0 Å². The van der Waals surface area contributed by atoms with Gasteiger partial charge in [0.25, 0.3) is 0 Å². The summed E-state index contributed by atoms with van der Waals surface area (Å²) in [5.41, 5.74) is -0.462. The number of aromatic carboxylic acids is 1. The highest BCUT2D eigenvalue weighted by molar-refractivity contribution is 5.91. The summed E-state index contributed by atoms with van der Waals surface area (Å²) in [6.07, 6.45) is 3.03. The molecule has 21 heavy (non-hydrogen) atoms. The van der Waals surface area contributed by atoms with E-state index in [9.17, 15) is 9.18 Å². The van der Waals surface area contributed by atoms with E-state index >= 15 is 0 Å². The second-order valence-electron chi connectivity index (χ2n) is 4.85. The summed E-state index contributed by atoms with van der Waals surface area (Å²) in [5, 5.41) is 17.2. The van der Waals surface area contributed by atoms with Gasteiger partial charge >= 0.3 is 5.97 Å². The minimum absolute atomic E-state index is 0.00402. The first-order chi connectivity index (χ1) is 10.2. The molecule has 0 amide bonds. The van der Waals surface area contributed by atoms with Crippen LogP contribution in [0.1, 0.15) is 34.8 Å². The van der Waals surface area contributed by atoms with Gasteiger partial charge in [-0.3, -0.25) is 0 Å². The number of fused-ring (bicyclic) bond motifs is 1. The van der Waals surface area contributed by atoms with E-state index < -0.39 is 17.3 Å². The standard InChI is InChI=1S/C14H14FN3O3/c15-9-4-3-5-10(13(9)14(19)20)21-8-12-17-16-11-6-1-2-7-18(11)12/h3-5H,1-2,6-8H2,(H,19,20). The second-order valence-corrected chi connectivity index (χ2v) is 4.85. The van der Waals surface area contributed by atoms with Crippen molar-refractivity contribution in [1.29, 1.82) is 0 Å². The van der Waals surface area contributed by atoms with Gasteiger partial charge in [-0.1, -0.05) is 6.07 Å². The predicted octanol–water partition coefficient (Wildman–Crippen LogP) is 2.03. The van der Waals surface area contributed by atoms with Crippen LogP contribution in [0.3, 0.4) is 0 Å². The van der Waals surface area contributed by atoms with Crippen LogP contribution in [0, 0.1) is 5.82 Å². The van der Waals surface area contributed by atoms with Crippen LogP contribution >= 0.6 is 0 Å². The van der Waals surface area contributed by atoms with E-state index in [0.717, 1.165) is 37.7 Å². The summed E-state index contributed by atoms with van der Waals surface area (Å²) in [6, 6.07) is 3.94. The minimum atomic E-state index is -1.36. The molecule has 2 heterocycles. The van der Waals surface area contributed by atoms with E-state index in [1.54, 1.807) is 0 Å². The highest BCUT2D eigenvalue weighted by atomic mass is 19.1. The van der Waals surface area contributed by atoms with Crippen molar-refractivity contribution in [3.63, 3.8) is 0 Å². The van der Waals surface area contributed by atoms with Crippen molar-refractivity contribution in [2.24, 2.45) is 0 Å². The molecule has 6 nitrogen and oxygen atoms in total. The number of nitrogens with zero attached hydrogens (tertiary/aromatic N) is 3. The van der Waals surface area contributed by atoms with Crippen molar-refractivity contribution in [2.75, 3.05) is 0 Å². The molecular formula is C14H14FN3O3. The average molecular weight is 291 g/mol. The Bertz CT molecular complexity index is 684. The smallest absolute Gasteiger partial charge is 0.342 e. The molecule has 0 fully saturated rings. The molecule has 0 atom stereocenters. The monoisotopic (exact) mass is 291 g/mol. The fraction of sp³-hybridized carbons (Fsp3) is 0.357. The van der Waals surface area contributed by atoms with E-state index in [4.69, 9.17) is 9.84 Å². The third kappa shape index (κ3) is 2.58. The van der Waals surface area contributed by atoms with Crippen molar-refractivity contribution in [3.05, 3.63) is 41.2 Å². The third-order valence-corrected chi connectivity index (χ3v) is 3.48. The summed E-state index contributed by atoms with van der Waals surface area (Å²) in [7, 11) is 0. The normalized spacial score (nSPS) is 13.8. The molecule has 1 aliphatic heterocycles. The lowest BCUT2D eigenvalue weighted by atomic mass is 10.2. The van der Waals surface area contributed by atoms with Crippen molar-refractivity contribution >= 4 is 5.97 Å². The van der Waals surface area contributed by atoms with Gasteiger partial charge in [0.05, 0.1) is 0 Å². The first kappa shape index (κ1) is 13.5. The zero-order valence-corrected chi connectivity index (χ0v) is 11.3. The van der Waals surface area contributed by atoms with Crippen LogP contribution in [0.15, 0.2) is 18.2 Å². The maximum Gasteiger partial charge on any atom is 0.342 e. The zero-order valence-electron chi connectivity index (χ0n) is 11.3. The molecule has 1 aromatic heterocycles. The molecule has 2 aromatic rings. The molecule has 7 heteroatoms. The van der Waals surface area contributed by atoms with Crippen molar-refractivity contribution in [2.45, 2.75) is 32.4 Å². The number of carbonyl (C=O) groups is 1. The first-order valence-electron chi connectivity index (χ1n) is 6.72. The molecule has 1 N–H and O–H groups in total. The van der Waals surface area contributed by atoms with Crippen LogP contribution in [-0.2, 0) is 19.6 Å². The molecule has 1 aliphatic rings. The Kier molecular flexibility index (Phi) is 3.55. The van der Waals surface area contributed by atoms with Crippen molar-refractivity contribution < 1.29 is 19.0 Å². The number of halogens is 1. The van der Waals surface area contributed by atoms with Gasteiger partial charge in [0, 0.05) is 13.0 Å². The molecule has 110 valence electrons. The summed E-state index contributed by atoms with van der Waals surface area (Å²) in [6.45, 7) is 0.896. The van der Waals surface area contributed by atoms with E-state index in [2.05, 4.69) is 10.2 Å². The predicted molar refractivity (Wildman–Crippen MR) is 70.7 cm³/mol. The maximum atomic E-state index is 13.5. The van der Waals surface area contributed by atoms with Gasteiger partial charge in [-0.15, -0.1) is 10.2 Å². The number of hydrogen-bond donors (Lipinski definition) is 1. The number of carboxylic acid groups (broad SMARTS) is 1. The zero-order chi connectivity index (χ0) is 14.8. The Morgan fingerprint density at radius 2 is 2.24 bits per heavy atom. The largest absolute Gasteiger partial charge is 0.485 e. The van der Waals surface area contributed by atoms with E-state index in [1.165, 1.54) is 12.1 Å². The number of ether oxygens (including phenoxy) is 1. The number of carboxylic acids is 1. The average Bonchev–Trinajstić information content (AvgIpc) is 2.88. The molecule has 1 aromatic carbocycles. The highest BCUT2D eigenvalue weighted by Crippen LogP contribution is 2.23. The molecule has 0 saturated heterocycles. The quantitative estimate of drug-likeness (QED) is 0.932. The summed E-state index contributed by atoms with van der Waals surface area (Å²) < 4.78 is 21.0. The Morgan fingerprint density at radius 3 is 3.05 bits per heavy atom. The van der Waals surface area contributed by atoms with Gasteiger partial charge < -0.3 is 14.4 Å². The molecule has 3 rings (SSSR count). The molecule has 0 radical (unpaired) electrons. The number of benzene rings is 1.